The number of hydrogen-bond donors (Lipinski definition) is 1. The van der Waals surface area contributed by atoms with Gasteiger partial charge in [-0.15, -0.1) is 6.58 Å². The van der Waals surface area contributed by atoms with Crippen molar-refractivity contribution in [2.24, 2.45) is 0 Å². The quantitative estimate of drug-likeness (QED) is 0.528. The Bertz CT molecular complexity index is 839. The van der Waals surface area contributed by atoms with Crippen LogP contribution in [-0.4, -0.2) is 51.9 Å². The van der Waals surface area contributed by atoms with Crippen molar-refractivity contribution < 1.29 is 9.53 Å². The van der Waals surface area contributed by atoms with Crippen LogP contribution in [0.1, 0.15) is 13.8 Å². The molecule has 0 aliphatic carbocycles. The molecule has 0 saturated carbocycles. The van der Waals surface area contributed by atoms with Crippen molar-refractivity contribution in [3.63, 3.8) is 0 Å². The van der Waals surface area contributed by atoms with E-state index in [1.807, 2.05) is 54.6 Å². The third-order valence-electron chi connectivity index (χ3n) is 3.82. The Balaban J connectivity index is 2.26. The average molecular weight is 390 g/mol. The summed E-state index contributed by atoms with van der Waals surface area (Å²) in [5.74, 6) is 1.51. The van der Waals surface area contributed by atoms with E-state index in [-0.39, 0.29) is 18.5 Å². The van der Waals surface area contributed by atoms with Crippen LogP contribution in [0.5, 0.6) is 5.75 Å². The lowest BCUT2D eigenvalue weighted by Gasteiger charge is -2.17. The van der Waals surface area contributed by atoms with Crippen molar-refractivity contribution in [1.82, 2.24) is 24.6 Å². The van der Waals surface area contributed by atoms with Gasteiger partial charge in [0.15, 0.2) is 10.6 Å². The number of aromatic nitrogens is 3. The van der Waals surface area contributed by atoms with Crippen LogP contribution in [0, 0.1) is 4.77 Å². The molecule has 27 heavy (non-hydrogen) atoms. The molecule has 1 aromatic heterocycles. The molecular weight excluding hydrogens is 362 g/mol. The molecule has 0 aliphatic rings. The zero-order valence-corrected chi connectivity index (χ0v) is 17.1. The second kappa shape index (κ2) is 9.48. The minimum Gasteiger partial charge on any atom is -0.497 e. The summed E-state index contributed by atoms with van der Waals surface area (Å²) in [4.78, 5) is 13.8. The highest BCUT2D eigenvalue weighted by molar-refractivity contribution is 7.71. The van der Waals surface area contributed by atoms with E-state index >= 15 is 0 Å². The molecule has 0 atom stereocenters. The number of hydrogen-bond acceptors (Lipinski definition) is 5. The summed E-state index contributed by atoms with van der Waals surface area (Å²) in [5.41, 5.74) is 0.933. The summed E-state index contributed by atoms with van der Waals surface area (Å²) < 4.78 is 9.44. The maximum Gasteiger partial charge on any atom is 0.234 e. The fourth-order valence-corrected chi connectivity index (χ4v) is 2.93. The number of amides is 1. The fourth-order valence-electron chi connectivity index (χ4n) is 2.67. The van der Waals surface area contributed by atoms with E-state index in [1.54, 1.807) is 17.9 Å². The van der Waals surface area contributed by atoms with Gasteiger partial charge >= 0.3 is 0 Å². The number of nitrogens with zero attached hydrogens (tertiary/aromatic N) is 4. The maximum absolute atomic E-state index is 12.0. The molecule has 0 saturated heterocycles. The smallest absolute Gasteiger partial charge is 0.234 e. The number of nitrogens with one attached hydrogen (secondary N) is 1. The highest BCUT2D eigenvalue weighted by Gasteiger charge is 2.15. The van der Waals surface area contributed by atoms with Crippen molar-refractivity contribution in [3.05, 3.63) is 41.7 Å². The summed E-state index contributed by atoms with van der Waals surface area (Å²) in [6, 6.07) is 7.77. The first-order valence-electron chi connectivity index (χ1n) is 8.76. The van der Waals surface area contributed by atoms with Crippen LogP contribution < -0.4 is 10.1 Å². The second-order valence-electron chi connectivity index (χ2n) is 6.61. The van der Waals surface area contributed by atoms with Gasteiger partial charge in [0.1, 0.15) is 5.75 Å². The normalized spacial score (nSPS) is 11.0. The van der Waals surface area contributed by atoms with Crippen molar-refractivity contribution in [2.75, 3.05) is 20.7 Å². The number of carbonyl (C=O) groups excluding carboxylic acids is 1. The van der Waals surface area contributed by atoms with E-state index in [0.717, 1.165) is 17.1 Å². The molecule has 146 valence electrons. The highest BCUT2D eigenvalue weighted by atomic mass is 32.1. The summed E-state index contributed by atoms with van der Waals surface area (Å²) in [6.45, 7) is 8.92. The van der Waals surface area contributed by atoms with Crippen LogP contribution in [0.2, 0.25) is 0 Å². The molecule has 2 aromatic rings. The lowest BCUT2D eigenvalue weighted by atomic mass is 10.2. The Labute approximate surface area is 165 Å². The van der Waals surface area contributed by atoms with E-state index in [0.29, 0.717) is 18.0 Å². The Morgan fingerprint density at radius 3 is 2.63 bits per heavy atom. The van der Waals surface area contributed by atoms with Crippen molar-refractivity contribution in [3.8, 4) is 17.1 Å². The molecule has 0 fully saturated rings. The first-order valence-corrected chi connectivity index (χ1v) is 9.17. The van der Waals surface area contributed by atoms with E-state index in [4.69, 9.17) is 17.0 Å². The Morgan fingerprint density at radius 1 is 1.41 bits per heavy atom. The second-order valence-corrected chi connectivity index (χ2v) is 6.98. The zero-order chi connectivity index (χ0) is 20.0. The first kappa shape index (κ1) is 20.9. The average Bonchev–Trinajstić information content (AvgIpc) is 2.91. The third kappa shape index (κ3) is 5.51. The van der Waals surface area contributed by atoms with Crippen LogP contribution in [0.4, 0.5) is 0 Å². The highest BCUT2D eigenvalue weighted by Crippen LogP contribution is 2.22. The largest absolute Gasteiger partial charge is 0.497 e. The number of rotatable bonds is 9. The van der Waals surface area contributed by atoms with Gasteiger partial charge in [-0.05, 0) is 57.4 Å². The number of ether oxygens (including phenoxy) is 1. The molecule has 2 rings (SSSR count). The number of methoxy groups -OCH3 is 1. The van der Waals surface area contributed by atoms with E-state index in [9.17, 15) is 4.79 Å². The van der Waals surface area contributed by atoms with Crippen LogP contribution in [0.25, 0.3) is 11.4 Å². The molecule has 0 aliphatic heterocycles. The lowest BCUT2D eigenvalue weighted by Crippen LogP contribution is -2.39. The first-order chi connectivity index (χ1) is 12.8. The van der Waals surface area contributed by atoms with Gasteiger partial charge in [0.05, 0.1) is 20.3 Å². The van der Waals surface area contributed by atoms with Crippen LogP contribution >= 0.6 is 12.2 Å². The summed E-state index contributed by atoms with van der Waals surface area (Å²) in [5, 5.41) is 7.56. The van der Waals surface area contributed by atoms with Crippen molar-refractivity contribution in [2.45, 2.75) is 33.1 Å². The van der Waals surface area contributed by atoms with Gasteiger partial charge in [-0.3, -0.25) is 14.3 Å². The zero-order valence-electron chi connectivity index (χ0n) is 16.3. The molecule has 0 unspecified atom stereocenters. The van der Waals surface area contributed by atoms with Gasteiger partial charge in [-0.25, -0.2) is 4.68 Å². The predicted molar refractivity (Wildman–Crippen MR) is 109 cm³/mol. The third-order valence-corrected chi connectivity index (χ3v) is 4.25. The van der Waals surface area contributed by atoms with Gasteiger partial charge in [-0.1, -0.05) is 6.08 Å². The summed E-state index contributed by atoms with van der Waals surface area (Å²) in [7, 11) is 3.50. The van der Waals surface area contributed by atoms with Gasteiger partial charge in [0.25, 0.3) is 0 Å². The van der Waals surface area contributed by atoms with Crippen LogP contribution in [0.15, 0.2) is 36.9 Å². The number of benzene rings is 1. The molecule has 0 radical (unpaired) electrons. The number of likely N-dealkylation sites (N-methyl/N-ethyl adjacent to an activating group) is 1. The predicted octanol–water partition coefficient (Wildman–Crippen LogP) is 2.69. The molecule has 7 nitrogen and oxygen atoms in total. The monoisotopic (exact) mass is 389 g/mol. The number of carbonyl (C=O) groups is 1. The van der Waals surface area contributed by atoms with E-state index < -0.39 is 0 Å². The topological polar surface area (TPSA) is 64.3 Å². The summed E-state index contributed by atoms with van der Waals surface area (Å²) in [6.07, 6.45) is 1.79. The van der Waals surface area contributed by atoms with E-state index in [2.05, 4.69) is 17.0 Å². The minimum atomic E-state index is -0.0279. The van der Waals surface area contributed by atoms with E-state index in [1.165, 1.54) is 0 Å². The molecule has 1 heterocycles. The molecule has 0 bridgehead atoms. The Hall–Kier alpha value is -2.45. The molecule has 8 heteroatoms. The maximum atomic E-state index is 12.0. The minimum absolute atomic E-state index is 0.0279. The van der Waals surface area contributed by atoms with Crippen molar-refractivity contribution in [1.29, 1.82) is 0 Å². The van der Waals surface area contributed by atoms with Gasteiger partial charge in [0, 0.05) is 18.2 Å². The van der Waals surface area contributed by atoms with Crippen LogP contribution in [-0.2, 0) is 18.0 Å². The van der Waals surface area contributed by atoms with Crippen LogP contribution in [0.3, 0.4) is 0 Å². The number of allylic oxidation sites excluding steroid dienone is 1. The summed E-state index contributed by atoms with van der Waals surface area (Å²) >= 11 is 5.59. The molecular formula is C19H27N5O2S. The Kier molecular flexibility index (Phi) is 7.32. The molecule has 1 aromatic carbocycles. The Morgan fingerprint density at radius 2 is 2.07 bits per heavy atom. The molecule has 1 N–H and O–H groups in total. The molecule has 0 spiro atoms. The standard InChI is InChI=1S/C19H27N5O2S/c1-6-11-23-18(15-7-9-16(26-5)10-8-15)21-24(19(23)27)13-22(4)12-17(25)20-14(2)3/h6-10,14H,1,11-13H2,2-5H3,(H,20,25). The van der Waals surface area contributed by atoms with Gasteiger partial charge in [-0.2, -0.15) is 5.10 Å². The van der Waals surface area contributed by atoms with Gasteiger partial charge in [0.2, 0.25) is 5.91 Å². The van der Waals surface area contributed by atoms with Crippen molar-refractivity contribution >= 4 is 18.1 Å². The molecule has 1 amide bonds. The lowest BCUT2D eigenvalue weighted by molar-refractivity contribution is -0.122. The SMILES string of the molecule is C=CCn1c(-c2ccc(OC)cc2)nn(CN(C)CC(=O)NC(C)C)c1=S. The van der Waals surface area contributed by atoms with Gasteiger partial charge < -0.3 is 10.1 Å². The fraction of sp³-hybridized carbons (Fsp3) is 0.421.